The van der Waals surface area contributed by atoms with Gasteiger partial charge in [0.05, 0.1) is 28.2 Å². The molecule has 0 aromatic heterocycles. The molecule has 1 aliphatic heterocycles. The molecule has 1 heterocycles. The van der Waals surface area contributed by atoms with Crippen LogP contribution in [0.4, 0.5) is 51.2 Å². The van der Waals surface area contributed by atoms with Crippen molar-refractivity contribution in [3.05, 3.63) is 313 Å². The molecule has 0 spiro atoms. The molecule has 11 aromatic carbocycles. The molecular formula is C79H73N3. The molecule has 0 N–H and O–H groups in total. The summed E-state index contributed by atoms with van der Waals surface area (Å²) in [4.78, 5) is 7.47. The van der Waals surface area contributed by atoms with E-state index in [2.05, 4.69) is 322 Å². The van der Waals surface area contributed by atoms with Crippen LogP contribution < -0.4 is 14.7 Å². The van der Waals surface area contributed by atoms with Crippen LogP contribution in [0.15, 0.2) is 224 Å². The molecule has 82 heavy (non-hydrogen) atoms. The van der Waals surface area contributed by atoms with Gasteiger partial charge in [-0.1, -0.05) is 163 Å². The number of hydrogen-bond acceptors (Lipinski definition) is 3. The fraction of sp³-hybridized carbons (Fsp3) is 0.165. The van der Waals surface area contributed by atoms with Crippen LogP contribution in [0.1, 0.15) is 89.0 Å². The second-order valence-corrected chi connectivity index (χ2v) is 23.0. The lowest BCUT2D eigenvalue weighted by atomic mass is 9.62. The topological polar surface area (TPSA) is 9.72 Å². The first-order valence-corrected chi connectivity index (χ1v) is 29.0. The highest BCUT2D eigenvalue weighted by Gasteiger charge is 2.47. The number of nitrogens with zero attached hydrogens (tertiary/aromatic N) is 3. The molecule has 0 amide bonds. The van der Waals surface area contributed by atoms with Gasteiger partial charge in [-0.3, -0.25) is 0 Å². The van der Waals surface area contributed by atoms with E-state index in [1.165, 1.54) is 123 Å². The highest BCUT2D eigenvalue weighted by molar-refractivity contribution is 5.91. The van der Waals surface area contributed by atoms with Gasteiger partial charge in [-0.15, -0.1) is 0 Å². The molecule has 3 nitrogen and oxygen atoms in total. The smallest absolute Gasteiger partial charge is 0.0742 e. The third-order valence-corrected chi connectivity index (χ3v) is 18.6. The van der Waals surface area contributed by atoms with Crippen LogP contribution in [0, 0.1) is 83.1 Å². The van der Waals surface area contributed by atoms with Crippen LogP contribution in [-0.4, -0.2) is 0 Å². The average Bonchev–Trinajstić information content (AvgIpc) is 2.22. The minimum Gasteiger partial charge on any atom is -0.310 e. The number of rotatable bonds is 11. The number of aryl methyl sites for hydroxylation is 2. The van der Waals surface area contributed by atoms with Gasteiger partial charge in [0.1, 0.15) is 0 Å². The van der Waals surface area contributed by atoms with E-state index >= 15 is 0 Å². The van der Waals surface area contributed by atoms with E-state index in [9.17, 15) is 0 Å². The largest absolute Gasteiger partial charge is 0.310 e. The van der Waals surface area contributed by atoms with Crippen LogP contribution >= 0.6 is 0 Å². The van der Waals surface area contributed by atoms with Crippen molar-refractivity contribution in [2.75, 3.05) is 14.7 Å². The molecule has 404 valence electrons. The number of fused-ring (bicyclic) bond motifs is 2. The summed E-state index contributed by atoms with van der Waals surface area (Å²) in [6.07, 6.45) is 0. The Morgan fingerprint density at radius 2 is 0.598 bits per heavy atom. The second kappa shape index (κ2) is 21.4. The van der Waals surface area contributed by atoms with E-state index in [4.69, 9.17) is 0 Å². The summed E-state index contributed by atoms with van der Waals surface area (Å²) in [5.41, 5.74) is 34.9. The van der Waals surface area contributed by atoms with Crippen LogP contribution in [0.25, 0.3) is 22.3 Å². The molecular weight excluding hydrogens is 991 g/mol. The fourth-order valence-electron chi connectivity index (χ4n) is 13.2. The molecule has 0 unspecified atom stereocenters. The molecule has 0 atom stereocenters. The zero-order chi connectivity index (χ0) is 57.1. The predicted molar refractivity (Wildman–Crippen MR) is 350 cm³/mol. The van der Waals surface area contributed by atoms with Crippen molar-refractivity contribution in [2.45, 2.75) is 88.5 Å². The Balaban J connectivity index is 1.09. The van der Waals surface area contributed by atoms with E-state index < -0.39 is 5.41 Å². The average molecular weight is 1060 g/mol. The zero-order valence-corrected chi connectivity index (χ0v) is 49.7. The van der Waals surface area contributed by atoms with Crippen LogP contribution in [-0.2, 0) is 5.41 Å². The van der Waals surface area contributed by atoms with Crippen molar-refractivity contribution in [2.24, 2.45) is 0 Å². The lowest BCUT2D eigenvalue weighted by Gasteiger charge is -2.47. The molecule has 0 saturated carbocycles. The van der Waals surface area contributed by atoms with Crippen LogP contribution in [0.2, 0.25) is 0 Å². The SMILES string of the molecule is Cc1ccc(N2c3ccccc3C(c3ccc(N(c4ccc(-c5ccccc5)cc4)c4c(C)c(C)c(C)c(C)c4C)cc3)(c3ccc(N(c4ccc(-c5ccccc5)cc4)c4c(C)c(C)c(C)c(C)c4C)cc3)c3cc(C)ccc32)cc1. The molecule has 12 rings (SSSR count). The molecule has 1 aliphatic rings. The summed E-state index contributed by atoms with van der Waals surface area (Å²) in [6.45, 7) is 27.2. The first-order valence-electron chi connectivity index (χ1n) is 29.0. The van der Waals surface area contributed by atoms with Gasteiger partial charge in [0.15, 0.2) is 0 Å². The minimum atomic E-state index is -0.744. The first kappa shape index (κ1) is 53.5. The molecule has 0 fully saturated rings. The van der Waals surface area contributed by atoms with Gasteiger partial charge in [-0.05, 0) is 256 Å². The number of para-hydroxylation sites is 1. The van der Waals surface area contributed by atoms with Crippen molar-refractivity contribution in [3.8, 4) is 22.3 Å². The molecule has 0 aliphatic carbocycles. The van der Waals surface area contributed by atoms with Crippen LogP contribution in [0.3, 0.4) is 0 Å². The minimum absolute atomic E-state index is 0.744. The second-order valence-electron chi connectivity index (χ2n) is 23.0. The van der Waals surface area contributed by atoms with Gasteiger partial charge in [-0.2, -0.15) is 0 Å². The van der Waals surface area contributed by atoms with Gasteiger partial charge in [0, 0.05) is 28.4 Å². The van der Waals surface area contributed by atoms with Crippen molar-refractivity contribution in [3.63, 3.8) is 0 Å². The third kappa shape index (κ3) is 8.91. The summed E-state index contributed by atoms with van der Waals surface area (Å²) >= 11 is 0. The Bertz CT molecular complexity index is 3920. The Morgan fingerprint density at radius 3 is 1.01 bits per heavy atom. The highest BCUT2D eigenvalue weighted by Crippen LogP contribution is 2.59. The summed E-state index contributed by atoms with van der Waals surface area (Å²) in [5.74, 6) is 0. The molecule has 0 saturated heterocycles. The van der Waals surface area contributed by atoms with Gasteiger partial charge >= 0.3 is 0 Å². The number of hydrogen-bond donors (Lipinski definition) is 0. The third-order valence-electron chi connectivity index (χ3n) is 18.6. The maximum atomic E-state index is 2.50. The summed E-state index contributed by atoms with van der Waals surface area (Å²) in [6, 6.07) is 84.0. The van der Waals surface area contributed by atoms with E-state index in [0.717, 1.165) is 39.8 Å². The van der Waals surface area contributed by atoms with Gasteiger partial charge in [0.2, 0.25) is 0 Å². The van der Waals surface area contributed by atoms with Crippen molar-refractivity contribution < 1.29 is 0 Å². The molecule has 0 bridgehead atoms. The number of benzene rings is 11. The lowest BCUT2D eigenvalue weighted by molar-refractivity contribution is 0.730. The van der Waals surface area contributed by atoms with E-state index in [1.807, 2.05) is 0 Å². The summed E-state index contributed by atoms with van der Waals surface area (Å²) in [5, 5.41) is 0. The lowest BCUT2D eigenvalue weighted by Crippen LogP contribution is -2.38. The Morgan fingerprint density at radius 1 is 0.268 bits per heavy atom. The molecule has 11 aromatic rings. The fourth-order valence-corrected chi connectivity index (χ4v) is 13.2. The van der Waals surface area contributed by atoms with Crippen molar-refractivity contribution in [1.29, 1.82) is 0 Å². The normalized spacial score (nSPS) is 12.5. The number of anilines is 9. The van der Waals surface area contributed by atoms with E-state index in [1.54, 1.807) is 0 Å². The maximum Gasteiger partial charge on any atom is 0.0742 e. The predicted octanol–water partition coefficient (Wildman–Crippen LogP) is 21.8. The summed E-state index contributed by atoms with van der Waals surface area (Å²) in [7, 11) is 0. The monoisotopic (exact) mass is 1060 g/mol. The van der Waals surface area contributed by atoms with Crippen molar-refractivity contribution >= 4 is 51.2 Å². The van der Waals surface area contributed by atoms with Gasteiger partial charge in [0.25, 0.3) is 0 Å². The quantitative estimate of drug-likeness (QED) is 0.128. The Labute approximate surface area is 487 Å². The van der Waals surface area contributed by atoms with E-state index in [0.29, 0.717) is 0 Å². The Hall–Kier alpha value is -9.18. The van der Waals surface area contributed by atoms with Gasteiger partial charge in [-0.25, -0.2) is 0 Å². The highest BCUT2D eigenvalue weighted by atomic mass is 15.2. The summed E-state index contributed by atoms with van der Waals surface area (Å²) < 4.78 is 0. The standard InChI is InChI=1S/C79H73N3/c1-50-27-38-72(39-28-50)82-75-26-20-19-25-73(75)79(74-49-51(2)29-48-76(74)82,66-34-44-70(45-35-66)80(77-58(9)54(5)52(3)55(6)59(77)10)68-40-30-64(31-41-68)62-21-15-13-16-22-62)67-36-46-71(47-37-67)81(78-60(11)56(7)53(4)57(8)61(78)12)69-42-32-65(33-43-69)63-23-17-14-18-24-63/h13-49H,1-12H3. The van der Waals surface area contributed by atoms with Gasteiger partial charge < -0.3 is 14.7 Å². The Kier molecular flexibility index (Phi) is 13.9. The first-order chi connectivity index (χ1) is 39.7. The zero-order valence-electron chi connectivity index (χ0n) is 49.7. The maximum absolute atomic E-state index is 2.50. The van der Waals surface area contributed by atoms with E-state index in [-0.39, 0.29) is 0 Å². The molecule has 0 radical (unpaired) electrons. The van der Waals surface area contributed by atoms with Crippen LogP contribution in [0.5, 0.6) is 0 Å². The molecule has 3 heteroatoms. The van der Waals surface area contributed by atoms with Crippen molar-refractivity contribution in [1.82, 2.24) is 0 Å².